The Morgan fingerprint density at radius 2 is 2.00 bits per heavy atom. The second kappa shape index (κ2) is 7.34. The lowest BCUT2D eigenvalue weighted by Crippen LogP contribution is -2.30. The third-order valence-corrected chi connectivity index (χ3v) is 4.19. The monoisotopic (exact) mass is 408 g/mol. The van der Waals surface area contributed by atoms with Crippen molar-refractivity contribution in [1.82, 2.24) is 9.55 Å². The molecule has 0 saturated heterocycles. The van der Waals surface area contributed by atoms with E-state index in [2.05, 4.69) is 20.9 Å². The van der Waals surface area contributed by atoms with Gasteiger partial charge in [0.2, 0.25) is 0 Å². The Kier molecular flexibility index (Phi) is 5.18. The van der Waals surface area contributed by atoms with Crippen molar-refractivity contribution in [2.24, 2.45) is 0 Å². The second-order valence-corrected chi connectivity index (χ2v) is 6.63. The number of benzene rings is 2. The topological polar surface area (TPSA) is 64.4 Å². The molecule has 0 amide bonds. The summed E-state index contributed by atoms with van der Waals surface area (Å²) < 4.78 is 7.67. The number of hydrogen-bond donors (Lipinski definition) is 1. The van der Waals surface area contributed by atoms with Gasteiger partial charge < -0.3 is 9.84 Å². The van der Waals surface area contributed by atoms with Crippen LogP contribution in [0, 0.1) is 0 Å². The van der Waals surface area contributed by atoms with Crippen molar-refractivity contribution in [1.29, 1.82) is 0 Å². The molecule has 0 radical (unpaired) electrons. The fourth-order valence-electron chi connectivity index (χ4n) is 2.26. The molecule has 7 heteroatoms. The molecule has 0 aliphatic heterocycles. The number of nitrogens with zero attached hydrogens (tertiary/aromatic N) is 2. The Hall–Kier alpha value is -1.89. The fourth-order valence-corrected chi connectivity index (χ4v) is 2.75. The predicted molar refractivity (Wildman–Crippen MR) is 96.7 cm³/mol. The van der Waals surface area contributed by atoms with E-state index < -0.39 is 6.10 Å². The average Bonchev–Trinajstić information content (AvgIpc) is 2.57. The molecule has 0 aliphatic carbocycles. The number of aliphatic hydroxyl groups is 1. The van der Waals surface area contributed by atoms with E-state index in [1.165, 1.54) is 10.9 Å². The van der Waals surface area contributed by atoms with Crippen molar-refractivity contribution in [3.05, 3.63) is 68.6 Å². The Morgan fingerprint density at radius 3 is 2.75 bits per heavy atom. The third kappa shape index (κ3) is 3.95. The number of halogens is 2. The molecule has 24 heavy (non-hydrogen) atoms. The fraction of sp³-hybridized carbons (Fsp3) is 0.176. The molecule has 1 aromatic heterocycles. The molecule has 0 bridgehead atoms. The van der Waals surface area contributed by atoms with Crippen molar-refractivity contribution in [2.45, 2.75) is 12.6 Å². The van der Waals surface area contributed by atoms with Gasteiger partial charge in [0.05, 0.1) is 23.8 Å². The van der Waals surface area contributed by atoms with Gasteiger partial charge in [0.25, 0.3) is 5.56 Å². The van der Waals surface area contributed by atoms with Gasteiger partial charge in [-0.05, 0) is 42.5 Å². The maximum absolute atomic E-state index is 12.5. The first-order valence-electron chi connectivity index (χ1n) is 7.24. The Bertz CT molecular complexity index is 912. The van der Waals surface area contributed by atoms with Crippen molar-refractivity contribution in [2.75, 3.05) is 6.61 Å². The Labute approximate surface area is 151 Å². The predicted octanol–water partition coefficient (Wildman–Crippen LogP) is 3.25. The first kappa shape index (κ1) is 17.0. The lowest BCUT2D eigenvalue weighted by Gasteiger charge is -2.14. The van der Waals surface area contributed by atoms with Gasteiger partial charge >= 0.3 is 0 Å². The van der Waals surface area contributed by atoms with Gasteiger partial charge in [-0.15, -0.1) is 0 Å². The van der Waals surface area contributed by atoms with Crippen molar-refractivity contribution >= 4 is 38.4 Å². The summed E-state index contributed by atoms with van der Waals surface area (Å²) in [6, 6.07) is 12.2. The summed E-state index contributed by atoms with van der Waals surface area (Å²) in [5.74, 6) is 0.603. The number of aliphatic hydroxyl groups excluding tert-OH is 1. The minimum absolute atomic E-state index is 0.0601. The largest absolute Gasteiger partial charge is 0.491 e. The van der Waals surface area contributed by atoms with Crippen LogP contribution in [0.3, 0.4) is 0 Å². The highest BCUT2D eigenvalue weighted by Gasteiger charge is 2.10. The Morgan fingerprint density at radius 1 is 1.25 bits per heavy atom. The van der Waals surface area contributed by atoms with Crippen molar-refractivity contribution in [3.63, 3.8) is 0 Å². The van der Waals surface area contributed by atoms with Gasteiger partial charge in [-0.25, -0.2) is 4.98 Å². The zero-order valence-electron chi connectivity index (χ0n) is 12.5. The van der Waals surface area contributed by atoms with Gasteiger partial charge in [0.15, 0.2) is 0 Å². The number of hydrogen-bond acceptors (Lipinski definition) is 4. The summed E-state index contributed by atoms with van der Waals surface area (Å²) in [5, 5.41) is 11.2. The maximum Gasteiger partial charge on any atom is 0.261 e. The van der Waals surface area contributed by atoms with E-state index in [1.54, 1.807) is 36.4 Å². The highest BCUT2D eigenvalue weighted by Crippen LogP contribution is 2.16. The smallest absolute Gasteiger partial charge is 0.261 e. The van der Waals surface area contributed by atoms with Crippen LogP contribution in [0.4, 0.5) is 0 Å². The Balaban J connectivity index is 1.71. The van der Waals surface area contributed by atoms with Crippen LogP contribution in [0.25, 0.3) is 10.9 Å². The lowest BCUT2D eigenvalue weighted by molar-refractivity contribution is 0.0915. The van der Waals surface area contributed by atoms with E-state index in [1.807, 2.05) is 6.07 Å². The summed E-state index contributed by atoms with van der Waals surface area (Å²) in [6.07, 6.45) is 0.592. The van der Waals surface area contributed by atoms with Crippen LogP contribution in [0.5, 0.6) is 5.75 Å². The molecule has 3 rings (SSSR count). The first-order chi connectivity index (χ1) is 11.5. The zero-order chi connectivity index (χ0) is 17.1. The van der Waals surface area contributed by atoms with Crippen LogP contribution >= 0.6 is 27.5 Å². The molecule has 1 atom stereocenters. The van der Waals surface area contributed by atoms with Crippen molar-refractivity contribution in [3.8, 4) is 5.75 Å². The van der Waals surface area contributed by atoms with E-state index in [9.17, 15) is 9.90 Å². The highest BCUT2D eigenvalue weighted by molar-refractivity contribution is 9.10. The van der Waals surface area contributed by atoms with E-state index in [0.29, 0.717) is 21.7 Å². The minimum atomic E-state index is -0.843. The van der Waals surface area contributed by atoms with E-state index in [4.69, 9.17) is 16.3 Å². The number of fused-ring (bicyclic) bond motifs is 1. The van der Waals surface area contributed by atoms with Crippen LogP contribution in [0.1, 0.15) is 0 Å². The van der Waals surface area contributed by atoms with Crippen LogP contribution in [-0.2, 0) is 6.54 Å². The van der Waals surface area contributed by atoms with E-state index >= 15 is 0 Å². The molecule has 0 saturated carbocycles. The average molecular weight is 410 g/mol. The standard InChI is InChI=1S/C17H14BrClN2O3/c18-11-1-6-16-15(7-11)17(23)21(10-20-16)8-13(22)9-24-14-4-2-12(19)3-5-14/h1-7,10,13,22H,8-9H2/t13-/m0/s1. The van der Waals surface area contributed by atoms with Crippen LogP contribution in [0.2, 0.25) is 5.02 Å². The number of rotatable bonds is 5. The second-order valence-electron chi connectivity index (χ2n) is 5.28. The third-order valence-electron chi connectivity index (χ3n) is 3.45. The minimum Gasteiger partial charge on any atom is -0.491 e. The molecule has 0 aliphatic rings. The number of ether oxygens (including phenoxy) is 1. The van der Waals surface area contributed by atoms with Crippen LogP contribution in [-0.4, -0.2) is 27.4 Å². The SMILES string of the molecule is O=c1c2cc(Br)ccc2ncn1C[C@H](O)COc1ccc(Cl)cc1. The molecule has 2 aromatic carbocycles. The summed E-state index contributed by atoms with van der Waals surface area (Å²) in [6.45, 7) is 0.159. The molecule has 1 N–H and O–H groups in total. The molecule has 0 spiro atoms. The van der Waals surface area contributed by atoms with Crippen molar-refractivity contribution < 1.29 is 9.84 Å². The van der Waals surface area contributed by atoms with E-state index in [-0.39, 0.29) is 18.7 Å². The molecule has 3 aromatic rings. The van der Waals surface area contributed by atoms with Gasteiger partial charge in [-0.3, -0.25) is 9.36 Å². The molecular weight excluding hydrogens is 396 g/mol. The number of aromatic nitrogens is 2. The van der Waals surface area contributed by atoms with Crippen LogP contribution < -0.4 is 10.3 Å². The van der Waals surface area contributed by atoms with E-state index in [0.717, 1.165) is 4.47 Å². The normalized spacial score (nSPS) is 12.3. The van der Waals surface area contributed by atoms with Gasteiger partial charge in [-0.2, -0.15) is 0 Å². The first-order valence-corrected chi connectivity index (χ1v) is 8.41. The maximum atomic E-state index is 12.5. The highest BCUT2D eigenvalue weighted by atomic mass is 79.9. The quantitative estimate of drug-likeness (QED) is 0.702. The van der Waals surface area contributed by atoms with Crippen LogP contribution in [0.15, 0.2) is 58.1 Å². The lowest BCUT2D eigenvalue weighted by atomic mass is 10.2. The molecular formula is C17H14BrClN2O3. The molecule has 0 unspecified atom stereocenters. The zero-order valence-corrected chi connectivity index (χ0v) is 14.9. The summed E-state index contributed by atoms with van der Waals surface area (Å²) in [7, 11) is 0. The summed E-state index contributed by atoms with van der Waals surface area (Å²) >= 11 is 9.15. The molecule has 0 fully saturated rings. The molecule has 1 heterocycles. The van der Waals surface area contributed by atoms with Gasteiger partial charge in [-0.1, -0.05) is 27.5 Å². The van der Waals surface area contributed by atoms with Gasteiger partial charge in [0, 0.05) is 9.50 Å². The molecule has 5 nitrogen and oxygen atoms in total. The molecule has 124 valence electrons. The summed E-state index contributed by atoms with van der Waals surface area (Å²) in [5.41, 5.74) is 0.415. The van der Waals surface area contributed by atoms with Gasteiger partial charge in [0.1, 0.15) is 18.5 Å². The summed E-state index contributed by atoms with van der Waals surface area (Å²) in [4.78, 5) is 16.7.